The van der Waals surface area contributed by atoms with Gasteiger partial charge < -0.3 is 9.30 Å². The molecule has 6 heteroatoms. The highest BCUT2D eigenvalue weighted by molar-refractivity contribution is 9.09. The Morgan fingerprint density at radius 3 is 2.54 bits per heavy atom. The van der Waals surface area contributed by atoms with Crippen molar-refractivity contribution in [2.75, 3.05) is 5.33 Å². The van der Waals surface area contributed by atoms with E-state index in [1.807, 2.05) is 30.3 Å². The zero-order valence-corrected chi connectivity index (χ0v) is 16.7. The van der Waals surface area contributed by atoms with Crippen LogP contribution < -0.4 is 10.3 Å². The van der Waals surface area contributed by atoms with Gasteiger partial charge in [-0.05, 0) is 29.7 Å². The SMILES string of the molecule is O=C(Cn1ccc(OCc2ccccc2)cc1=O)c1ccc(CCBr)c(F)c1. The lowest BCUT2D eigenvalue weighted by atomic mass is 10.1. The van der Waals surface area contributed by atoms with E-state index in [-0.39, 0.29) is 23.5 Å². The average molecular weight is 444 g/mol. The quantitative estimate of drug-likeness (QED) is 0.383. The van der Waals surface area contributed by atoms with Gasteiger partial charge in [-0.3, -0.25) is 9.59 Å². The van der Waals surface area contributed by atoms with Gasteiger partial charge in [0.15, 0.2) is 5.78 Å². The Morgan fingerprint density at radius 1 is 1.07 bits per heavy atom. The highest BCUT2D eigenvalue weighted by Crippen LogP contribution is 2.14. The van der Waals surface area contributed by atoms with E-state index in [4.69, 9.17) is 4.74 Å². The van der Waals surface area contributed by atoms with Gasteiger partial charge in [-0.2, -0.15) is 0 Å². The van der Waals surface area contributed by atoms with E-state index in [1.165, 1.54) is 22.9 Å². The van der Waals surface area contributed by atoms with Crippen LogP contribution in [0.2, 0.25) is 0 Å². The molecule has 0 amide bonds. The number of carbonyl (C=O) groups is 1. The Kier molecular flexibility index (Phi) is 6.76. The standard InChI is InChI=1S/C22H19BrFNO3/c23-10-8-17-6-7-18(12-20(17)24)21(26)14-25-11-9-19(13-22(25)27)28-15-16-4-2-1-3-5-16/h1-7,9,11-13H,8,10,14-15H2. The number of ether oxygens (including phenoxy) is 1. The van der Waals surface area contributed by atoms with E-state index < -0.39 is 5.82 Å². The van der Waals surface area contributed by atoms with E-state index in [9.17, 15) is 14.0 Å². The minimum Gasteiger partial charge on any atom is -0.489 e. The molecule has 4 nitrogen and oxygen atoms in total. The normalized spacial score (nSPS) is 10.6. The number of hydrogen-bond donors (Lipinski definition) is 0. The second-order valence-corrected chi connectivity index (χ2v) is 7.06. The Balaban J connectivity index is 1.66. The van der Waals surface area contributed by atoms with Gasteiger partial charge in [-0.25, -0.2) is 4.39 Å². The number of rotatable bonds is 8. The van der Waals surface area contributed by atoms with Crippen molar-refractivity contribution in [1.29, 1.82) is 0 Å². The summed E-state index contributed by atoms with van der Waals surface area (Å²) in [7, 11) is 0. The summed E-state index contributed by atoms with van der Waals surface area (Å²) < 4.78 is 20.9. The minimum atomic E-state index is -0.415. The third kappa shape index (κ3) is 5.16. The molecule has 3 aromatic rings. The van der Waals surface area contributed by atoms with Crippen LogP contribution in [0.1, 0.15) is 21.5 Å². The molecule has 0 saturated carbocycles. The number of benzene rings is 2. The number of hydrogen-bond acceptors (Lipinski definition) is 3. The highest BCUT2D eigenvalue weighted by Gasteiger charge is 2.11. The van der Waals surface area contributed by atoms with Crippen molar-refractivity contribution in [1.82, 2.24) is 4.57 Å². The van der Waals surface area contributed by atoms with Gasteiger partial charge in [0.25, 0.3) is 5.56 Å². The maximum absolute atomic E-state index is 14.0. The van der Waals surface area contributed by atoms with E-state index in [0.29, 0.717) is 29.7 Å². The molecule has 0 atom stereocenters. The Bertz CT molecular complexity index is 1020. The van der Waals surface area contributed by atoms with Gasteiger partial charge in [0, 0.05) is 23.2 Å². The molecule has 0 N–H and O–H groups in total. The lowest BCUT2D eigenvalue weighted by Crippen LogP contribution is -2.23. The van der Waals surface area contributed by atoms with Crippen molar-refractivity contribution in [3.63, 3.8) is 0 Å². The molecule has 0 aliphatic rings. The zero-order chi connectivity index (χ0) is 19.9. The van der Waals surface area contributed by atoms with Crippen molar-refractivity contribution in [2.24, 2.45) is 0 Å². The highest BCUT2D eigenvalue weighted by atomic mass is 79.9. The average Bonchev–Trinajstić information content (AvgIpc) is 2.70. The van der Waals surface area contributed by atoms with Crippen molar-refractivity contribution in [2.45, 2.75) is 19.6 Å². The number of aryl methyl sites for hydroxylation is 1. The molecule has 0 aliphatic heterocycles. The number of halogens is 2. The van der Waals surface area contributed by atoms with Crippen molar-refractivity contribution < 1.29 is 13.9 Å². The van der Waals surface area contributed by atoms with Crippen molar-refractivity contribution in [3.8, 4) is 5.75 Å². The molecule has 2 aromatic carbocycles. The molecule has 144 valence electrons. The van der Waals surface area contributed by atoms with Gasteiger partial charge >= 0.3 is 0 Å². The lowest BCUT2D eigenvalue weighted by molar-refractivity contribution is 0.0970. The van der Waals surface area contributed by atoms with E-state index in [2.05, 4.69) is 15.9 Å². The van der Waals surface area contributed by atoms with Gasteiger partial charge in [0.2, 0.25) is 0 Å². The van der Waals surface area contributed by atoms with Crippen LogP contribution in [-0.4, -0.2) is 15.7 Å². The largest absolute Gasteiger partial charge is 0.489 e. The Hall–Kier alpha value is -2.73. The number of pyridine rings is 1. The number of carbonyl (C=O) groups excluding carboxylic acids is 1. The number of alkyl halides is 1. The summed E-state index contributed by atoms with van der Waals surface area (Å²) in [5, 5.41) is 0.644. The third-order valence-corrected chi connectivity index (χ3v) is 4.67. The number of aromatic nitrogens is 1. The molecule has 3 rings (SSSR count). The number of nitrogens with zero attached hydrogens (tertiary/aromatic N) is 1. The van der Waals surface area contributed by atoms with E-state index in [0.717, 1.165) is 5.56 Å². The molecular formula is C22H19BrFNO3. The van der Waals surface area contributed by atoms with Crippen LogP contribution in [0.4, 0.5) is 4.39 Å². The third-order valence-electron chi connectivity index (χ3n) is 4.27. The first kappa shape index (κ1) is 20.0. The molecule has 1 aromatic heterocycles. The summed E-state index contributed by atoms with van der Waals surface area (Å²) >= 11 is 3.27. The smallest absolute Gasteiger partial charge is 0.254 e. The maximum atomic E-state index is 14.0. The molecule has 0 unspecified atom stereocenters. The fourth-order valence-corrected chi connectivity index (χ4v) is 3.15. The second-order valence-electron chi connectivity index (χ2n) is 6.27. The predicted molar refractivity (Wildman–Crippen MR) is 110 cm³/mol. The molecule has 0 spiro atoms. The molecule has 0 saturated heterocycles. The summed E-state index contributed by atoms with van der Waals surface area (Å²) in [6, 6.07) is 17.0. The van der Waals surface area contributed by atoms with Crippen LogP contribution in [-0.2, 0) is 19.6 Å². The number of ketones is 1. The molecule has 0 radical (unpaired) electrons. The van der Waals surface area contributed by atoms with Gasteiger partial charge in [-0.1, -0.05) is 58.4 Å². The van der Waals surface area contributed by atoms with Crippen molar-refractivity contribution in [3.05, 3.63) is 99.7 Å². The van der Waals surface area contributed by atoms with Gasteiger partial charge in [0.05, 0.1) is 6.54 Å². The Morgan fingerprint density at radius 2 is 1.86 bits per heavy atom. The van der Waals surface area contributed by atoms with Gasteiger partial charge in [0.1, 0.15) is 18.2 Å². The summed E-state index contributed by atoms with van der Waals surface area (Å²) in [6.45, 7) is 0.193. The molecule has 0 fully saturated rings. The van der Waals surface area contributed by atoms with Crippen LogP contribution in [0.3, 0.4) is 0 Å². The van der Waals surface area contributed by atoms with Crippen LogP contribution in [0.25, 0.3) is 0 Å². The maximum Gasteiger partial charge on any atom is 0.254 e. The summed E-state index contributed by atoms with van der Waals surface area (Å²) in [5.41, 5.74) is 1.43. The summed E-state index contributed by atoms with van der Waals surface area (Å²) in [4.78, 5) is 24.7. The molecular weight excluding hydrogens is 425 g/mol. The zero-order valence-electron chi connectivity index (χ0n) is 15.1. The van der Waals surface area contributed by atoms with Crippen LogP contribution >= 0.6 is 15.9 Å². The first-order valence-corrected chi connectivity index (χ1v) is 9.94. The molecule has 28 heavy (non-hydrogen) atoms. The second kappa shape index (κ2) is 9.46. The first-order valence-electron chi connectivity index (χ1n) is 8.81. The summed E-state index contributed by atoms with van der Waals surface area (Å²) in [5.74, 6) is -0.311. The monoisotopic (exact) mass is 443 g/mol. The minimum absolute atomic E-state index is 0.158. The fraction of sp³-hybridized carbons (Fsp3) is 0.182. The van der Waals surface area contributed by atoms with Crippen LogP contribution in [0, 0.1) is 5.82 Å². The van der Waals surface area contributed by atoms with E-state index >= 15 is 0 Å². The van der Waals surface area contributed by atoms with Gasteiger partial charge in [-0.15, -0.1) is 0 Å². The Labute approximate surface area is 170 Å². The predicted octanol–water partition coefficient (Wildman–Crippen LogP) is 4.39. The molecule has 0 aliphatic carbocycles. The molecule has 1 heterocycles. The van der Waals surface area contributed by atoms with Crippen molar-refractivity contribution >= 4 is 21.7 Å². The first-order chi connectivity index (χ1) is 13.6. The molecule has 0 bridgehead atoms. The van der Waals surface area contributed by atoms with Crippen LogP contribution in [0.15, 0.2) is 71.7 Å². The number of Topliss-reactive ketones (excluding diaryl/α,β-unsaturated/α-hetero) is 1. The topological polar surface area (TPSA) is 48.3 Å². The summed E-state index contributed by atoms with van der Waals surface area (Å²) in [6.07, 6.45) is 2.06. The lowest BCUT2D eigenvalue weighted by Gasteiger charge is -2.09. The fourth-order valence-electron chi connectivity index (χ4n) is 2.72. The van der Waals surface area contributed by atoms with Crippen LogP contribution in [0.5, 0.6) is 5.75 Å². The van der Waals surface area contributed by atoms with E-state index in [1.54, 1.807) is 18.2 Å².